The van der Waals surface area contributed by atoms with E-state index in [-0.39, 0.29) is 0 Å². The van der Waals surface area contributed by atoms with Crippen LogP contribution in [-0.2, 0) is 16.1 Å². The normalized spacial score (nSPS) is 14.1. The third kappa shape index (κ3) is 3.69. The van der Waals surface area contributed by atoms with Crippen LogP contribution in [0.5, 0.6) is 0 Å². The number of para-hydroxylation sites is 1. The predicted molar refractivity (Wildman–Crippen MR) is 114 cm³/mol. The number of nitrogens with zero attached hydrogens (tertiary/aromatic N) is 3. The number of hydrogen-bond acceptors (Lipinski definition) is 5. The Morgan fingerprint density at radius 2 is 1.80 bits per heavy atom. The Morgan fingerprint density at radius 3 is 2.47 bits per heavy atom. The summed E-state index contributed by atoms with van der Waals surface area (Å²) >= 11 is 7.69. The van der Waals surface area contributed by atoms with Crippen LogP contribution in [0.3, 0.4) is 0 Å². The SMILES string of the molecule is CCOCCn1c(=NC(=O)CN2C(=O)c3ccccc3C2=O)sc2cccc(Cl)c21. The van der Waals surface area contributed by atoms with Crippen LogP contribution in [0.2, 0.25) is 5.02 Å². The van der Waals surface area contributed by atoms with Crippen molar-refractivity contribution in [2.45, 2.75) is 13.5 Å². The molecule has 2 aromatic carbocycles. The van der Waals surface area contributed by atoms with Crippen LogP contribution in [0, 0.1) is 0 Å². The Morgan fingerprint density at radius 1 is 1.10 bits per heavy atom. The summed E-state index contributed by atoms with van der Waals surface area (Å²) in [6, 6.07) is 12.0. The van der Waals surface area contributed by atoms with Crippen molar-refractivity contribution in [3.05, 3.63) is 63.4 Å². The minimum Gasteiger partial charge on any atom is -0.380 e. The van der Waals surface area contributed by atoms with Crippen LogP contribution < -0.4 is 4.80 Å². The lowest BCUT2D eigenvalue weighted by Crippen LogP contribution is -2.35. The predicted octanol–water partition coefficient (Wildman–Crippen LogP) is 3.12. The van der Waals surface area contributed by atoms with Gasteiger partial charge in [0.05, 0.1) is 33.0 Å². The van der Waals surface area contributed by atoms with E-state index >= 15 is 0 Å². The second-order valence-corrected chi connectivity index (χ2v) is 7.98. The zero-order valence-corrected chi connectivity index (χ0v) is 17.7. The molecule has 0 bridgehead atoms. The average molecular weight is 444 g/mol. The third-order valence-corrected chi connectivity index (χ3v) is 6.06. The first-order valence-corrected chi connectivity index (χ1v) is 10.6. The monoisotopic (exact) mass is 443 g/mol. The van der Waals surface area contributed by atoms with Gasteiger partial charge in [-0.05, 0) is 31.2 Å². The molecule has 0 N–H and O–H groups in total. The van der Waals surface area contributed by atoms with Crippen LogP contribution in [0.4, 0.5) is 0 Å². The molecule has 3 amide bonds. The minimum atomic E-state index is -0.586. The van der Waals surface area contributed by atoms with E-state index in [0.29, 0.717) is 40.7 Å². The van der Waals surface area contributed by atoms with Gasteiger partial charge in [-0.2, -0.15) is 4.99 Å². The molecule has 0 radical (unpaired) electrons. The Labute approximate surface area is 181 Å². The summed E-state index contributed by atoms with van der Waals surface area (Å²) in [5.41, 5.74) is 1.38. The summed E-state index contributed by atoms with van der Waals surface area (Å²) < 4.78 is 8.16. The van der Waals surface area contributed by atoms with E-state index in [0.717, 1.165) is 15.1 Å². The van der Waals surface area contributed by atoms with Crippen molar-refractivity contribution in [3.63, 3.8) is 0 Å². The Kier molecular flexibility index (Phi) is 5.80. The van der Waals surface area contributed by atoms with Crippen molar-refractivity contribution in [3.8, 4) is 0 Å². The quantitative estimate of drug-likeness (QED) is 0.433. The number of fused-ring (bicyclic) bond motifs is 2. The minimum absolute atomic E-state index is 0.302. The fourth-order valence-electron chi connectivity index (χ4n) is 3.34. The van der Waals surface area contributed by atoms with Gasteiger partial charge in [0.25, 0.3) is 17.7 Å². The van der Waals surface area contributed by atoms with Crippen molar-refractivity contribution in [2.75, 3.05) is 19.8 Å². The van der Waals surface area contributed by atoms with Crippen molar-refractivity contribution < 1.29 is 19.1 Å². The number of benzene rings is 2. The lowest BCUT2D eigenvalue weighted by Gasteiger charge is -2.10. The van der Waals surface area contributed by atoms with Gasteiger partial charge in [-0.3, -0.25) is 19.3 Å². The van der Waals surface area contributed by atoms with E-state index in [1.165, 1.54) is 11.3 Å². The van der Waals surface area contributed by atoms with E-state index in [2.05, 4.69) is 4.99 Å². The molecule has 1 aliphatic rings. The van der Waals surface area contributed by atoms with Gasteiger partial charge in [-0.1, -0.05) is 41.1 Å². The molecule has 2 heterocycles. The number of aromatic nitrogens is 1. The van der Waals surface area contributed by atoms with Gasteiger partial charge in [0.2, 0.25) is 0 Å². The molecular formula is C21H18ClN3O4S. The molecule has 0 saturated carbocycles. The number of carbonyl (C=O) groups is 3. The summed E-state index contributed by atoms with van der Waals surface area (Å²) in [5, 5.41) is 0.550. The smallest absolute Gasteiger partial charge is 0.268 e. The number of carbonyl (C=O) groups excluding carboxylic acids is 3. The van der Waals surface area contributed by atoms with E-state index in [9.17, 15) is 14.4 Å². The Hall–Kier alpha value is -2.81. The number of imide groups is 1. The average Bonchev–Trinajstić information content (AvgIpc) is 3.20. The number of amides is 3. The summed E-state index contributed by atoms with van der Waals surface area (Å²) in [5.74, 6) is -1.55. The van der Waals surface area contributed by atoms with Crippen molar-refractivity contribution >= 4 is 50.9 Å². The molecule has 0 fully saturated rings. The highest BCUT2D eigenvalue weighted by Gasteiger charge is 2.36. The van der Waals surface area contributed by atoms with Crippen LogP contribution >= 0.6 is 22.9 Å². The largest absolute Gasteiger partial charge is 0.380 e. The first kappa shape index (κ1) is 20.5. The van der Waals surface area contributed by atoms with E-state index < -0.39 is 24.3 Å². The molecule has 30 heavy (non-hydrogen) atoms. The van der Waals surface area contributed by atoms with Gasteiger partial charge in [-0.25, -0.2) is 0 Å². The highest BCUT2D eigenvalue weighted by atomic mass is 35.5. The van der Waals surface area contributed by atoms with Crippen LogP contribution in [0.25, 0.3) is 10.2 Å². The molecule has 0 unspecified atom stereocenters. The lowest BCUT2D eigenvalue weighted by molar-refractivity contribution is -0.118. The van der Waals surface area contributed by atoms with Crippen molar-refractivity contribution in [1.82, 2.24) is 9.47 Å². The maximum Gasteiger partial charge on any atom is 0.268 e. The third-order valence-electron chi connectivity index (χ3n) is 4.71. The van der Waals surface area contributed by atoms with Crippen LogP contribution in [0.1, 0.15) is 27.6 Å². The zero-order valence-electron chi connectivity index (χ0n) is 16.1. The van der Waals surface area contributed by atoms with Gasteiger partial charge < -0.3 is 9.30 Å². The molecule has 1 aromatic heterocycles. The highest BCUT2D eigenvalue weighted by Crippen LogP contribution is 2.25. The molecule has 0 spiro atoms. The zero-order chi connectivity index (χ0) is 21.3. The van der Waals surface area contributed by atoms with E-state index in [4.69, 9.17) is 16.3 Å². The number of rotatable bonds is 6. The Bertz CT molecular complexity index is 1200. The molecule has 3 aromatic rings. The fourth-order valence-corrected chi connectivity index (χ4v) is 4.77. The topological polar surface area (TPSA) is 81.0 Å². The first-order valence-electron chi connectivity index (χ1n) is 9.39. The number of thiazole rings is 1. The van der Waals surface area contributed by atoms with Crippen LogP contribution in [-0.4, -0.2) is 46.9 Å². The molecule has 4 rings (SSSR count). The highest BCUT2D eigenvalue weighted by molar-refractivity contribution is 7.16. The van der Waals surface area contributed by atoms with Crippen molar-refractivity contribution in [2.24, 2.45) is 4.99 Å². The summed E-state index contributed by atoms with van der Waals surface area (Å²) in [7, 11) is 0. The molecule has 1 aliphatic heterocycles. The second-order valence-electron chi connectivity index (χ2n) is 6.57. The molecule has 0 atom stereocenters. The van der Waals surface area contributed by atoms with Gasteiger partial charge in [0, 0.05) is 13.2 Å². The Balaban J connectivity index is 1.65. The second kappa shape index (κ2) is 8.51. The lowest BCUT2D eigenvalue weighted by atomic mass is 10.1. The van der Waals surface area contributed by atoms with E-state index in [1.54, 1.807) is 30.3 Å². The van der Waals surface area contributed by atoms with Gasteiger partial charge >= 0.3 is 0 Å². The molecule has 7 nitrogen and oxygen atoms in total. The first-order chi connectivity index (χ1) is 14.5. The maximum atomic E-state index is 12.7. The van der Waals surface area contributed by atoms with Gasteiger partial charge in [0.15, 0.2) is 4.80 Å². The molecule has 154 valence electrons. The summed E-state index contributed by atoms with van der Waals surface area (Å²) in [4.78, 5) is 43.2. The maximum absolute atomic E-state index is 12.7. The number of hydrogen-bond donors (Lipinski definition) is 0. The van der Waals surface area contributed by atoms with Crippen molar-refractivity contribution in [1.29, 1.82) is 0 Å². The molecule has 9 heteroatoms. The number of halogens is 1. The molecular weight excluding hydrogens is 426 g/mol. The number of ether oxygens (including phenoxy) is 1. The fraction of sp³-hybridized carbons (Fsp3) is 0.238. The molecule has 0 saturated heterocycles. The van der Waals surface area contributed by atoms with E-state index in [1.807, 2.05) is 23.6 Å². The van der Waals surface area contributed by atoms with Gasteiger partial charge in [0.1, 0.15) is 6.54 Å². The standard InChI is InChI=1S/C21H18ClN3O4S/c1-2-29-11-10-24-18-15(22)8-5-9-16(18)30-21(24)23-17(26)12-25-19(27)13-6-3-4-7-14(13)20(25)28/h3-9H,2,10-12H2,1H3. The molecule has 0 aliphatic carbocycles. The van der Waals surface area contributed by atoms with Gasteiger partial charge in [-0.15, -0.1) is 0 Å². The summed E-state index contributed by atoms with van der Waals surface area (Å²) in [6.07, 6.45) is 0. The summed E-state index contributed by atoms with van der Waals surface area (Å²) in [6.45, 7) is 2.96. The van der Waals surface area contributed by atoms with Crippen LogP contribution in [0.15, 0.2) is 47.5 Å².